The van der Waals surface area contributed by atoms with Crippen LogP contribution in [-0.2, 0) is 20.7 Å². The van der Waals surface area contributed by atoms with Crippen LogP contribution >= 0.6 is 11.3 Å². The van der Waals surface area contributed by atoms with E-state index in [-0.39, 0.29) is 24.4 Å². The normalized spacial score (nSPS) is 15.8. The number of thiophene rings is 1. The summed E-state index contributed by atoms with van der Waals surface area (Å²) in [7, 11) is 0. The van der Waals surface area contributed by atoms with E-state index >= 15 is 0 Å². The molecule has 0 aliphatic carbocycles. The molecule has 1 aromatic heterocycles. The molecule has 0 unspecified atom stereocenters. The zero-order chi connectivity index (χ0) is 20.6. The van der Waals surface area contributed by atoms with Crippen molar-refractivity contribution in [1.82, 2.24) is 9.80 Å². The number of hydrogen-bond donors (Lipinski definition) is 0. The molecule has 29 heavy (non-hydrogen) atoms. The summed E-state index contributed by atoms with van der Waals surface area (Å²) in [6.07, 6.45) is 2.01. The highest BCUT2D eigenvalue weighted by molar-refractivity contribution is 7.10. The SMILES string of the molecule is CCOCCCN(CC(=O)N1CCc2sccc2[C@@H]1c1ccccc1)C(=O)CC. The van der Waals surface area contributed by atoms with Crippen LogP contribution in [0.15, 0.2) is 41.8 Å². The lowest BCUT2D eigenvalue weighted by molar-refractivity contribution is -0.141. The van der Waals surface area contributed by atoms with Gasteiger partial charge in [0.15, 0.2) is 0 Å². The molecule has 2 amide bonds. The maximum atomic E-state index is 13.3. The molecule has 6 heteroatoms. The lowest BCUT2D eigenvalue weighted by Gasteiger charge is -2.37. The topological polar surface area (TPSA) is 49.9 Å². The summed E-state index contributed by atoms with van der Waals surface area (Å²) < 4.78 is 5.39. The minimum absolute atomic E-state index is 0.00825. The van der Waals surface area contributed by atoms with Crippen molar-refractivity contribution in [2.75, 3.05) is 32.8 Å². The third-order valence-corrected chi connectivity index (χ3v) is 6.30. The summed E-state index contributed by atoms with van der Waals surface area (Å²) in [5, 5.41) is 2.11. The van der Waals surface area contributed by atoms with E-state index in [1.54, 1.807) is 16.2 Å². The Bertz CT molecular complexity index is 805. The fraction of sp³-hybridized carbons (Fsp3) is 0.478. The van der Waals surface area contributed by atoms with Crippen LogP contribution in [0.3, 0.4) is 0 Å². The molecular weight excluding hydrogens is 384 g/mol. The number of rotatable bonds is 9. The molecule has 3 rings (SSSR count). The molecule has 0 saturated carbocycles. The van der Waals surface area contributed by atoms with Gasteiger partial charge in [0.25, 0.3) is 0 Å². The van der Waals surface area contributed by atoms with E-state index in [1.807, 2.05) is 36.9 Å². The molecule has 0 radical (unpaired) electrons. The first-order valence-electron chi connectivity index (χ1n) is 10.4. The van der Waals surface area contributed by atoms with Gasteiger partial charge in [-0.05, 0) is 42.3 Å². The summed E-state index contributed by atoms with van der Waals surface area (Å²) in [6.45, 7) is 6.42. The van der Waals surface area contributed by atoms with E-state index in [9.17, 15) is 9.59 Å². The van der Waals surface area contributed by atoms with Gasteiger partial charge in [0, 0.05) is 37.6 Å². The number of carbonyl (C=O) groups excluding carboxylic acids is 2. The summed E-state index contributed by atoms with van der Waals surface area (Å²) in [6, 6.07) is 12.2. The molecule has 2 heterocycles. The number of ether oxygens (including phenoxy) is 1. The van der Waals surface area contributed by atoms with Crippen LogP contribution < -0.4 is 0 Å². The van der Waals surface area contributed by atoms with Crippen LogP contribution in [0.5, 0.6) is 0 Å². The molecule has 1 aromatic carbocycles. The molecule has 5 nitrogen and oxygen atoms in total. The van der Waals surface area contributed by atoms with E-state index in [4.69, 9.17) is 4.74 Å². The standard InChI is InChI=1S/C23H30N2O3S/c1-3-21(26)24(13-8-15-28-4-2)17-22(27)25-14-11-20-19(12-16-29-20)23(25)18-9-6-5-7-10-18/h5-7,9-10,12,16,23H,3-4,8,11,13-15,17H2,1-2H3/t23-/m0/s1. The van der Waals surface area contributed by atoms with E-state index in [1.165, 1.54) is 10.4 Å². The molecule has 1 aliphatic rings. The second-order valence-corrected chi connectivity index (χ2v) is 8.17. The first-order valence-corrected chi connectivity index (χ1v) is 11.3. The largest absolute Gasteiger partial charge is 0.382 e. The lowest BCUT2D eigenvalue weighted by atomic mass is 9.93. The van der Waals surface area contributed by atoms with Gasteiger partial charge in [-0.15, -0.1) is 11.3 Å². The minimum Gasteiger partial charge on any atom is -0.382 e. The molecule has 0 spiro atoms. The Morgan fingerprint density at radius 2 is 2.00 bits per heavy atom. The second kappa shape index (κ2) is 10.6. The van der Waals surface area contributed by atoms with Crippen molar-refractivity contribution in [2.24, 2.45) is 0 Å². The Kier molecular flexibility index (Phi) is 7.83. The average Bonchev–Trinajstić information content (AvgIpc) is 3.24. The number of fused-ring (bicyclic) bond motifs is 1. The molecule has 0 bridgehead atoms. The molecule has 0 saturated heterocycles. The maximum absolute atomic E-state index is 13.3. The smallest absolute Gasteiger partial charge is 0.242 e. The Morgan fingerprint density at radius 1 is 1.21 bits per heavy atom. The zero-order valence-electron chi connectivity index (χ0n) is 17.3. The monoisotopic (exact) mass is 414 g/mol. The lowest BCUT2D eigenvalue weighted by Crippen LogP contribution is -2.47. The summed E-state index contributed by atoms with van der Waals surface area (Å²) in [5.74, 6) is 0.0215. The van der Waals surface area contributed by atoms with E-state index in [0.29, 0.717) is 32.7 Å². The van der Waals surface area contributed by atoms with Crippen LogP contribution in [0.2, 0.25) is 0 Å². The van der Waals surface area contributed by atoms with Crippen LogP contribution in [0.4, 0.5) is 0 Å². The Balaban J connectivity index is 1.77. The van der Waals surface area contributed by atoms with Gasteiger partial charge in [-0.1, -0.05) is 37.3 Å². The summed E-state index contributed by atoms with van der Waals surface area (Å²) >= 11 is 1.76. The summed E-state index contributed by atoms with van der Waals surface area (Å²) in [4.78, 5) is 30.7. The molecule has 1 aliphatic heterocycles. The van der Waals surface area contributed by atoms with E-state index < -0.39 is 0 Å². The molecular formula is C23H30N2O3S. The van der Waals surface area contributed by atoms with Crippen molar-refractivity contribution >= 4 is 23.2 Å². The van der Waals surface area contributed by atoms with Gasteiger partial charge in [-0.25, -0.2) is 0 Å². The Labute approximate surface area is 177 Å². The maximum Gasteiger partial charge on any atom is 0.242 e. The Hall–Kier alpha value is -2.18. The number of carbonyl (C=O) groups is 2. The van der Waals surface area contributed by atoms with Crippen molar-refractivity contribution in [3.05, 3.63) is 57.8 Å². The van der Waals surface area contributed by atoms with Crippen LogP contribution in [0.1, 0.15) is 48.7 Å². The number of nitrogens with zero attached hydrogens (tertiary/aromatic N) is 2. The molecule has 1 atom stereocenters. The van der Waals surface area contributed by atoms with Crippen LogP contribution in [-0.4, -0.2) is 54.5 Å². The number of hydrogen-bond acceptors (Lipinski definition) is 4. The fourth-order valence-electron chi connectivity index (χ4n) is 3.85. The average molecular weight is 415 g/mol. The third kappa shape index (κ3) is 5.25. The molecule has 2 aromatic rings. The highest BCUT2D eigenvalue weighted by Gasteiger charge is 2.33. The fourth-order valence-corrected chi connectivity index (χ4v) is 4.76. The van der Waals surface area contributed by atoms with E-state index in [2.05, 4.69) is 23.6 Å². The van der Waals surface area contributed by atoms with Crippen molar-refractivity contribution in [3.8, 4) is 0 Å². The van der Waals surface area contributed by atoms with Crippen molar-refractivity contribution in [3.63, 3.8) is 0 Å². The van der Waals surface area contributed by atoms with Gasteiger partial charge in [-0.2, -0.15) is 0 Å². The minimum atomic E-state index is -0.0827. The van der Waals surface area contributed by atoms with Crippen molar-refractivity contribution in [1.29, 1.82) is 0 Å². The summed E-state index contributed by atoms with van der Waals surface area (Å²) in [5.41, 5.74) is 2.33. The van der Waals surface area contributed by atoms with Crippen LogP contribution in [0.25, 0.3) is 0 Å². The molecule has 0 N–H and O–H groups in total. The predicted octanol–water partition coefficient (Wildman–Crippen LogP) is 3.89. The highest BCUT2D eigenvalue weighted by atomic mass is 32.1. The first-order chi connectivity index (χ1) is 14.2. The quantitative estimate of drug-likeness (QED) is 0.585. The predicted molar refractivity (Wildman–Crippen MR) is 116 cm³/mol. The number of benzene rings is 1. The first kappa shape index (κ1) is 21.5. The second-order valence-electron chi connectivity index (χ2n) is 7.17. The van der Waals surface area contributed by atoms with Gasteiger partial charge in [0.2, 0.25) is 11.8 Å². The Morgan fingerprint density at radius 3 is 2.72 bits per heavy atom. The van der Waals surface area contributed by atoms with E-state index in [0.717, 1.165) is 18.4 Å². The highest BCUT2D eigenvalue weighted by Crippen LogP contribution is 2.37. The van der Waals surface area contributed by atoms with Crippen LogP contribution in [0, 0.1) is 0 Å². The van der Waals surface area contributed by atoms with Gasteiger partial charge >= 0.3 is 0 Å². The van der Waals surface area contributed by atoms with Gasteiger partial charge in [0.1, 0.15) is 0 Å². The third-order valence-electron chi connectivity index (χ3n) is 5.30. The van der Waals surface area contributed by atoms with Crippen molar-refractivity contribution in [2.45, 2.75) is 39.2 Å². The van der Waals surface area contributed by atoms with Gasteiger partial charge < -0.3 is 14.5 Å². The van der Waals surface area contributed by atoms with Gasteiger partial charge in [-0.3, -0.25) is 9.59 Å². The van der Waals surface area contributed by atoms with Gasteiger partial charge in [0.05, 0.1) is 12.6 Å². The zero-order valence-corrected chi connectivity index (χ0v) is 18.1. The molecule has 0 fully saturated rings. The number of amides is 2. The van der Waals surface area contributed by atoms with Crippen molar-refractivity contribution < 1.29 is 14.3 Å². The molecule has 156 valence electrons.